The molecule has 3 heterocycles. The smallest absolute Gasteiger partial charge is 0.223 e. The SMILES string of the molecule is Cc1nn(C)c(C)c1CCC(=O)N1CCN(c2ncn[nH]2)CC1. The first-order chi connectivity index (χ1) is 11.1. The molecule has 8 nitrogen and oxygen atoms in total. The number of rotatable bonds is 4. The first-order valence-corrected chi connectivity index (χ1v) is 7.93. The highest BCUT2D eigenvalue weighted by molar-refractivity contribution is 5.76. The van der Waals surface area contributed by atoms with E-state index in [2.05, 4.69) is 32.1 Å². The summed E-state index contributed by atoms with van der Waals surface area (Å²) in [5.74, 6) is 0.989. The minimum atomic E-state index is 0.213. The van der Waals surface area contributed by atoms with E-state index >= 15 is 0 Å². The predicted octanol–water partition coefficient (Wildman–Crippen LogP) is 0.436. The standard InChI is InChI=1S/C15H23N7O/c1-11-13(12(2)20(3)19-11)4-5-14(23)21-6-8-22(9-7-21)15-16-10-17-18-15/h10H,4-9H2,1-3H3,(H,16,17,18). The number of hydrogen-bond acceptors (Lipinski definition) is 5. The van der Waals surface area contributed by atoms with Gasteiger partial charge in [-0.05, 0) is 25.8 Å². The summed E-state index contributed by atoms with van der Waals surface area (Å²) < 4.78 is 1.88. The first kappa shape index (κ1) is 15.5. The molecule has 0 atom stereocenters. The average molecular weight is 317 g/mol. The van der Waals surface area contributed by atoms with E-state index in [1.54, 1.807) is 0 Å². The number of aryl methyl sites for hydroxylation is 2. The average Bonchev–Trinajstić information content (AvgIpc) is 3.16. The molecule has 1 saturated heterocycles. The van der Waals surface area contributed by atoms with Crippen molar-refractivity contribution in [1.29, 1.82) is 0 Å². The van der Waals surface area contributed by atoms with E-state index in [0.717, 1.165) is 49.9 Å². The lowest BCUT2D eigenvalue weighted by Crippen LogP contribution is -2.49. The molecule has 23 heavy (non-hydrogen) atoms. The topological polar surface area (TPSA) is 82.9 Å². The van der Waals surface area contributed by atoms with Crippen LogP contribution in [-0.2, 0) is 18.3 Å². The van der Waals surface area contributed by atoms with Gasteiger partial charge in [0, 0.05) is 45.3 Å². The van der Waals surface area contributed by atoms with Crippen molar-refractivity contribution in [2.75, 3.05) is 31.1 Å². The van der Waals surface area contributed by atoms with Crippen LogP contribution in [0, 0.1) is 13.8 Å². The van der Waals surface area contributed by atoms with Gasteiger partial charge in [0.15, 0.2) is 0 Å². The number of nitrogens with one attached hydrogen (secondary N) is 1. The maximum absolute atomic E-state index is 12.4. The molecule has 1 amide bonds. The van der Waals surface area contributed by atoms with Gasteiger partial charge in [0.05, 0.1) is 5.69 Å². The molecule has 0 spiro atoms. The molecule has 0 bridgehead atoms. The second-order valence-electron chi connectivity index (χ2n) is 5.95. The van der Waals surface area contributed by atoms with Crippen LogP contribution in [0.4, 0.5) is 5.95 Å². The number of aromatic nitrogens is 5. The number of hydrogen-bond donors (Lipinski definition) is 1. The fraction of sp³-hybridized carbons (Fsp3) is 0.600. The Kier molecular flexibility index (Phi) is 4.31. The van der Waals surface area contributed by atoms with Crippen molar-refractivity contribution in [1.82, 2.24) is 29.9 Å². The highest BCUT2D eigenvalue weighted by Gasteiger charge is 2.22. The number of nitrogens with zero attached hydrogens (tertiary/aromatic N) is 6. The van der Waals surface area contributed by atoms with Crippen LogP contribution in [0.1, 0.15) is 23.4 Å². The van der Waals surface area contributed by atoms with E-state index in [0.29, 0.717) is 6.42 Å². The van der Waals surface area contributed by atoms with E-state index in [4.69, 9.17) is 0 Å². The fourth-order valence-corrected chi connectivity index (χ4v) is 3.09. The number of H-pyrrole nitrogens is 1. The normalized spacial score (nSPS) is 15.3. The molecule has 124 valence electrons. The Labute approximate surface area is 135 Å². The van der Waals surface area contributed by atoms with Crippen molar-refractivity contribution >= 4 is 11.9 Å². The third-order valence-corrected chi connectivity index (χ3v) is 4.58. The Morgan fingerprint density at radius 2 is 2.00 bits per heavy atom. The number of carbonyl (C=O) groups is 1. The molecule has 8 heteroatoms. The lowest BCUT2D eigenvalue weighted by molar-refractivity contribution is -0.131. The van der Waals surface area contributed by atoms with Crippen molar-refractivity contribution < 1.29 is 4.79 Å². The minimum Gasteiger partial charge on any atom is -0.339 e. The van der Waals surface area contributed by atoms with Gasteiger partial charge in [0.1, 0.15) is 6.33 Å². The Morgan fingerprint density at radius 3 is 2.57 bits per heavy atom. The molecule has 0 radical (unpaired) electrons. The lowest BCUT2D eigenvalue weighted by atomic mass is 10.1. The maximum atomic E-state index is 12.4. The molecule has 3 rings (SSSR count). The van der Waals surface area contributed by atoms with Crippen LogP contribution < -0.4 is 4.90 Å². The summed E-state index contributed by atoms with van der Waals surface area (Å²) >= 11 is 0. The zero-order valence-electron chi connectivity index (χ0n) is 13.9. The van der Waals surface area contributed by atoms with Gasteiger partial charge in [0.2, 0.25) is 11.9 Å². The van der Waals surface area contributed by atoms with Crippen molar-refractivity contribution in [2.24, 2.45) is 7.05 Å². The Bertz CT molecular complexity index is 668. The molecule has 1 aliphatic heterocycles. The third kappa shape index (κ3) is 3.20. The summed E-state index contributed by atoms with van der Waals surface area (Å²) in [6, 6.07) is 0. The van der Waals surface area contributed by atoms with Crippen LogP contribution in [0.2, 0.25) is 0 Å². The first-order valence-electron chi connectivity index (χ1n) is 7.93. The van der Waals surface area contributed by atoms with Gasteiger partial charge in [0.25, 0.3) is 0 Å². The van der Waals surface area contributed by atoms with Crippen LogP contribution in [0.5, 0.6) is 0 Å². The summed E-state index contributed by atoms with van der Waals surface area (Å²) in [6.45, 7) is 7.08. The quantitative estimate of drug-likeness (QED) is 0.884. The number of carbonyl (C=O) groups excluding carboxylic acids is 1. The van der Waals surface area contributed by atoms with Crippen molar-refractivity contribution in [2.45, 2.75) is 26.7 Å². The molecule has 1 fully saturated rings. The fourth-order valence-electron chi connectivity index (χ4n) is 3.09. The summed E-state index contributed by atoms with van der Waals surface area (Å²) in [4.78, 5) is 20.6. The highest BCUT2D eigenvalue weighted by atomic mass is 16.2. The molecular formula is C15H23N7O. The van der Waals surface area contributed by atoms with Gasteiger partial charge in [-0.25, -0.2) is 5.10 Å². The number of piperazine rings is 1. The molecule has 0 aliphatic carbocycles. The summed E-state index contributed by atoms with van der Waals surface area (Å²) in [5, 5.41) is 11.1. The van der Waals surface area contributed by atoms with Gasteiger partial charge in [-0.1, -0.05) is 0 Å². The zero-order chi connectivity index (χ0) is 16.4. The van der Waals surface area contributed by atoms with Crippen molar-refractivity contribution in [3.05, 3.63) is 23.3 Å². The molecule has 0 unspecified atom stereocenters. The van der Waals surface area contributed by atoms with Crippen molar-refractivity contribution in [3.63, 3.8) is 0 Å². The summed E-state index contributed by atoms with van der Waals surface area (Å²) in [7, 11) is 1.94. The largest absolute Gasteiger partial charge is 0.339 e. The number of anilines is 1. The number of aromatic amines is 1. The summed E-state index contributed by atoms with van der Waals surface area (Å²) in [6.07, 6.45) is 2.80. The molecule has 2 aromatic rings. The third-order valence-electron chi connectivity index (χ3n) is 4.58. The molecule has 1 N–H and O–H groups in total. The monoisotopic (exact) mass is 317 g/mol. The highest BCUT2D eigenvalue weighted by Crippen LogP contribution is 2.16. The van der Waals surface area contributed by atoms with Gasteiger partial charge in [-0.3, -0.25) is 9.48 Å². The minimum absolute atomic E-state index is 0.213. The van der Waals surface area contributed by atoms with Crippen molar-refractivity contribution in [3.8, 4) is 0 Å². The Balaban J connectivity index is 1.52. The lowest BCUT2D eigenvalue weighted by Gasteiger charge is -2.34. The van der Waals surface area contributed by atoms with Crippen LogP contribution >= 0.6 is 0 Å². The van der Waals surface area contributed by atoms with Gasteiger partial charge in [-0.15, -0.1) is 0 Å². The molecule has 1 aliphatic rings. The van der Waals surface area contributed by atoms with Gasteiger partial charge >= 0.3 is 0 Å². The van der Waals surface area contributed by atoms with E-state index < -0.39 is 0 Å². The predicted molar refractivity (Wildman–Crippen MR) is 86.2 cm³/mol. The maximum Gasteiger partial charge on any atom is 0.223 e. The van der Waals surface area contributed by atoms with E-state index in [1.165, 1.54) is 11.9 Å². The van der Waals surface area contributed by atoms with Gasteiger partial charge < -0.3 is 9.80 Å². The Morgan fingerprint density at radius 1 is 1.26 bits per heavy atom. The zero-order valence-corrected chi connectivity index (χ0v) is 13.9. The van der Waals surface area contributed by atoms with Crippen LogP contribution in [-0.4, -0.2) is 61.9 Å². The number of amides is 1. The summed E-state index contributed by atoms with van der Waals surface area (Å²) in [5.41, 5.74) is 3.36. The van der Waals surface area contributed by atoms with Crippen LogP contribution in [0.3, 0.4) is 0 Å². The molecule has 0 aromatic carbocycles. The molecular weight excluding hydrogens is 294 g/mol. The van der Waals surface area contributed by atoms with Gasteiger partial charge in [-0.2, -0.15) is 15.2 Å². The molecule has 0 saturated carbocycles. The second kappa shape index (κ2) is 6.39. The Hall–Kier alpha value is -2.38. The van der Waals surface area contributed by atoms with E-state index in [9.17, 15) is 4.79 Å². The van der Waals surface area contributed by atoms with Crippen LogP contribution in [0.25, 0.3) is 0 Å². The molecule has 2 aromatic heterocycles. The second-order valence-corrected chi connectivity index (χ2v) is 5.95. The van der Waals surface area contributed by atoms with Crippen LogP contribution in [0.15, 0.2) is 6.33 Å². The van der Waals surface area contributed by atoms with E-state index in [1.807, 2.05) is 23.6 Å². The van der Waals surface area contributed by atoms with E-state index in [-0.39, 0.29) is 5.91 Å².